The molecule has 0 aliphatic rings. The van der Waals surface area contributed by atoms with Crippen LogP contribution in [0.25, 0.3) is 0 Å². The Hall–Kier alpha value is -0.870. The smallest absolute Gasteiger partial charge is 0.0534 e. The molecule has 16 heavy (non-hydrogen) atoms. The fourth-order valence-corrected chi connectivity index (χ4v) is 2.02. The summed E-state index contributed by atoms with van der Waals surface area (Å²) < 4.78 is 1.84. The third-order valence-electron chi connectivity index (χ3n) is 2.44. The Labute approximate surface area is 98.6 Å². The third-order valence-corrected chi connectivity index (χ3v) is 2.44. The SMILES string of the molecule is CN(C)CC(C)(C)CNCc1cnn(C)c1. The average Bonchev–Trinajstić information content (AvgIpc) is 2.48. The minimum absolute atomic E-state index is 0.297. The van der Waals surface area contributed by atoms with Crippen LogP contribution in [-0.2, 0) is 13.6 Å². The normalized spacial score (nSPS) is 12.4. The van der Waals surface area contributed by atoms with Crippen molar-refractivity contribution < 1.29 is 0 Å². The summed E-state index contributed by atoms with van der Waals surface area (Å²) in [6, 6.07) is 0. The van der Waals surface area contributed by atoms with Gasteiger partial charge in [-0.05, 0) is 19.5 Å². The monoisotopic (exact) mass is 224 g/mol. The van der Waals surface area contributed by atoms with Gasteiger partial charge in [-0.15, -0.1) is 0 Å². The van der Waals surface area contributed by atoms with Crippen LogP contribution in [-0.4, -0.2) is 41.9 Å². The molecule has 4 nitrogen and oxygen atoms in total. The molecular formula is C12H24N4. The Morgan fingerprint density at radius 3 is 2.62 bits per heavy atom. The zero-order valence-corrected chi connectivity index (χ0v) is 11.1. The van der Waals surface area contributed by atoms with Gasteiger partial charge in [0, 0.05) is 38.4 Å². The van der Waals surface area contributed by atoms with Gasteiger partial charge < -0.3 is 10.2 Å². The van der Waals surface area contributed by atoms with Crippen molar-refractivity contribution in [2.75, 3.05) is 27.2 Å². The first kappa shape index (κ1) is 13.2. The molecule has 92 valence electrons. The molecule has 0 bridgehead atoms. The van der Waals surface area contributed by atoms with Gasteiger partial charge in [-0.25, -0.2) is 0 Å². The molecule has 0 spiro atoms. The maximum absolute atomic E-state index is 4.15. The average molecular weight is 224 g/mol. The van der Waals surface area contributed by atoms with E-state index in [1.54, 1.807) is 0 Å². The van der Waals surface area contributed by atoms with Crippen molar-refractivity contribution >= 4 is 0 Å². The minimum atomic E-state index is 0.297. The largest absolute Gasteiger partial charge is 0.312 e. The van der Waals surface area contributed by atoms with Gasteiger partial charge >= 0.3 is 0 Å². The van der Waals surface area contributed by atoms with Gasteiger partial charge in [-0.1, -0.05) is 13.8 Å². The van der Waals surface area contributed by atoms with E-state index in [1.807, 2.05) is 24.1 Å². The van der Waals surface area contributed by atoms with Gasteiger partial charge in [0.05, 0.1) is 6.20 Å². The second kappa shape index (κ2) is 5.46. The zero-order valence-electron chi connectivity index (χ0n) is 11.1. The van der Waals surface area contributed by atoms with Crippen molar-refractivity contribution in [1.29, 1.82) is 0 Å². The van der Waals surface area contributed by atoms with E-state index in [1.165, 1.54) is 5.56 Å². The second-order valence-corrected chi connectivity index (χ2v) is 5.53. The molecule has 0 unspecified atom stereocenters. The predicted octanol–water partition coefficient (Wildman–Crippen LogP) is 1.10. The summed E-state index contributed by atoms with van der Waals surface area (Å²) in [6.07, 6.45) is 3.96. The van der Waals surface area contributed by atoms with Crippen molar-refractivity contribution in [2.24, 2.45) is 12.5 Å². The fraction of sp³-hybridized carbons (Fsp3) is 0.750. The van der Waals surface area contributed by atoms with E-state index in [4.69, 9.17) is 0 Å². The summed E-state index contributed by atoms with van der Waals surface area (Å²) in [7, 11) is 6.17. The van der Waals surface area contributed by atoms with Crippen LogP contribution in [0.15, 0.2) is 12.4 Å². The van der Waals surface area contributed by atoms with Crippen LogP contribution in [0, 0.1) is 5.41 Å². The quantitative estimate of drug-likeness (QED) is 0.785. The first-order chi connectivity index (χ1) is 7.39. The standard InChI is InChI=1S/C12H24N4/c1-12(2,10-15(3)4)9-13-6-11-7-14-16(5)8-11/h7-8,13H,6,9-10H2,1-5H3. The molecule has 0 radical (unpaired) electrons. The Morgan fingerprint density at radius 2 is 2.12 bits per heavy atom. The highest BCUT2D eigenvalue weighted by molar-refractivity contribution is 5.02. The van der Waals surface area contributed by atoms with Crippen LogP contribution in [0.2, 0.25) is 0 Å². The highest BCUT2D eigenvalue weighted by atomic mass is 15.2. The Kier molecular flexibility index (Phi) is 4.50. The molecule has 0 fully saturated rings. The van der Waals surface area contributed by atoms with E-state index in [-0.39, 0.29) is 0 Å². The van der Waals surface area contributed by atoms with Crippen LogP contribution in [0.4, 0.5) is 0 Å². The molecule has 0 atom stereocenters. The molecule has 1 aromatic rings. The lowest BCUT2D eigenvalue weighted by molar-refractivity contribution is 0.232. The van der Waals surface area contributed by atoms with E-state index in [9.17, 15) is 0 Å². The topological polar surface area (TPSA) is 33.1 Å². The Bertz CT molecular complexity index is 315. The molecule has 0 amide bonds. The molecule has 1 N–H and O–H groups in total. The summed E-state index contributed by atoms with van der Waals surface area (Å²) >= 11 is 0. The fourth-order valence-electron chi connectivity index (χ4n) is 2.02. The lowest BCUT2D eigenvalue weighted by Gasteiger charge is -2.28. The maximum Gasteiger partial charge on any atom is 0.0534 e. The van der Waals surface area contributed by atoms with Crippen LogP contribution < -0.4 is 5.32 Å². The molecule has 1 rings (SSSR count). The molecule has 0 aliphatic heterocycles. The van der Waals surface area contributed by atoms with Gasteiger partial charge in [0.15, 0.2) is 0 Å². The first-order valence-corrected chi connectivity index (χ1v) is 5.72. The highest BCUT2D eigenvalue weighted by Gasteiger charge is 2.18. The van der Waals surface area contributed by atoms with Crippen LogP contribution in [0.3, 0.4) is 0 Å². The van der Waals surface area contributed by atoms with Gasteiger partial charge in [0.25, 0.3) is 0 Å². The predicted molar refractivity (Wildman–Crippen MR) is 67.2 cm³/mol. The van der Waals surface area contributed by atoms with Gasteiger partial charge in [0.1, 0.15) is 0 Å². The van der Waals surface area contributed by atoms with Crippen molar-refractivity contribution in [1.82, 2.24) is 20.0 Å². The first-order valence-electron chi connectivity index (χ1n) is 5.72. The van der Waals surface area contributed by atoms with Gasteiger partial charge in [0.2, 0.25) is 0 Å². The molecular weight excluding hydrogens is 200 g/mol. The van der Waals surface area contributed by atoms with E-state index in [0.717, 1.165) is 19.6 Å². The molecule has 0 aromatic carbocycles. The summed E-state index contributed by atoms with van der Waals surface area (Å²) in [5.41, 5.74) is 1.54. The van der Waals surface area contributed by atoms with Crippen LogP contribution in [0.1, 0.15) is 19.4 Å². The van der Waals surface area contributed by atoms with Crippen molar-refractivity contribution in [2.45, 2.75) is 20.4 Å². The molecule has 1 heterocycles. The van der Waals surface area contributed by atoms with Crippen molar-refractivity contribution in [3.63, 3.8) is 0 Å². The van der Waals surface area contributed by atoms with Crippen molar-refractivity contribution in [3.05, 3.63) is 18.0 Å². The number of hydrogen-bond donors (Lipinski definition) is 1. The number of aryl methyl sites for hydroxylation is 1. The summed E-state index contributed by atoms with van der Waals surface area (Å²) in [5, 5.41) is 7.63. The third kappa shape index (κ3) is 4.77. The minimum Gasteiger partial charge on any atom is -0.312 e. The number of aromatic nitrogens is 2. The molecule has 4 heteroatoms. The number of nitrogens with one attached hydrogen (secondary N) is 1. The number of hydrogen-bond acceptors (Lipinski definition) is 3. The summed E-state index contributed by atoms with van der Waals surface area (Å²) in [6.45, 7) is 7.56. The van der Waals surface area contributed by atoms with Gasteiger partial charge in [-0.3, -0.25) is 4.68 Å². The summed E-state index contributed by atoms with van der Waals surface area (Å²) in [4.78, 5) is 2.23. The second-order valence-electron chi connectivity index (χ2n) is 5.53. The van der Waals surface area contributed by atoms with Crippen molar-refractivity contribution in [3.8, 4) is 0 Å². The van der Waals surface area contributed by atoms with E-state index < -0.39 is 0 Å². The molecule has 0 aliphatic carbocycles. The maximum atomic E-state index is 4.15. The number of nitrogens with zero attached hydrogens (tertiary/aromatic N) is 3. The van der Waals surface area contributed by atoms with E-state index in [0.29, 0.717) is 5.41 Å². The molecule has 1 aromatic heterocycles. The van der Waals surface area contributed by atoms with E-state index >= 15 is 0 Å². The Balaban J connectivity index is 2.29. The molecule has 0 saturated carbocycles. The van der Waals surface area contributed by atoms with Gasteiger partial charge in [-0.2, -0.15) is 5.10 Å². The van der Waals surface area contributed by atoms with Crippen LogP contribution >= 0.6 is 0 Å². The zero-order chi connectivity index (χ0) is 12.2. The molecule has 0 saturated heterocycles. The summed E-state index contributed by atoms with van der Waals surface area (Å²) in [5.74, 6) is 0. The highest BCUT2D eigenvalue weighted by Crippen LogP contribution is 2.14. The lowest BCUT2D eigenvalue weighted by atomic mass is 9.93. The Morgan fingerprint density at radius 1 is 1.44 bits per heavy atom. The number of rotatable bonds is 6. The van der Waals surface area contributed by atoms with E-state index in [2.05, 4.69) is 43.3 Å². The van der Waals surface area contributed by atoms with Crippen LogP contribution in [0.5, 0.6) is 0 Å². The lowest BCUT2D eigenvalue weighted by Crippen LogP contribution is -2.37.